The Morgan fingerprint density at radius 3 is 2.32 bits per heavy atom. The number of fused-ring (bicyclic) bond motifs is 1. The van der Waals surface area contributed by atoms with Crippen LogP contribution in [0.3, 0.4) is 0 Å². The molecule has 0 radical (unpaired) electrons. The maximum atomic E-state index is 13.6. The molecule has 0 aliphatic carbocycles. The van der Waals surface area contributed by atoms with Crippen LogP contribution in [-0.2, 0) is 13.1 Å². The van der Waals surface area contributed by atoms with Crippen molar-refractivity contribution in [3.05, 3.63) is 95.8 Å². The molecule has 1 saturated heterocycles. The highest BCUT2D eigenvalue weighted by atomic mass is 16.2. The van der Waals surface area contributed by atoms with Gasteiger partial charge in [0.1, 0.15) is 11.5 Å². The summed E-state index contributed by atoms with van der Waals surface area (Å²) < 4.78 is 2.16. The zero-order chi connectivity index (χ0) is 23.5. The summed E-state index contributed by atoms with van der Waals surface area (Å²) in [6.45, 7) is 4.50. The van der Waals surface area contributed by atoms with Gasteiger partial charge in [0.15, 0.2) is 0 Å². The van der Waals surface area contributed by atoms with E-state index in [1.54, 1.807) is 0 Å². The Hall–Kier alpha value is -3.64. The summed E-state index contributed by atoms with van der Waals surface area (Å²) in [5.74, 6) is 1.08. The van der Waals surface area contributed by atoms with Gasteiger partial charge in [0.25, 0.3) is 5.91 Å². The van der Waals surface area contributed by atoms with Crippen molar-refractivity contribution in [1.82, 2.24) is 19.4 Å². The highest BCUT2D eigenvalue weighted by Crippen LogP contribution is 2.24. The zero-order valence-corrected chi connectivity index (χ0v) is 19.9. The van der Waals surface area contributed by atoms with Crippen molar-refractivity contribution in [1.29, 1.82) is 0 Å². The van der Waals surface area contributed by atoms with E-state index in [2.05, 4.69) is 69.8 Å². The number of piperazine rings is 1. The third-order valence-electron chi connectivity index (χ3n) is 6.41. The fourth-order valence-electron chi connectivity index (χ4n) is 4.69. The topological polar surface area (TPSA) is 44.6 Å². The molecule has 1 fully saturated rings. The Kier molecular flexibility index (Phi) is 6.32. The minimum absolute atomic E-state index is 0.0982. The number of amides is 1. The number of carbonyl (C=O) groups excluding carboxylic acids is 1. The summed E-state index contributed by atoms with van der Waals surface area (Å²) in [5.41, 5.74) is 4.24. The SMILES string of the molecule is CN(C)Cc1ccc(N2CCN(C(=O)c3cc4ccccc4n3Cc3ccccc3)CC2)nc1. The maximum Gasteiger partial charge on any atom is 0.270 e. The Labute approximate surface area is 201 Å². The van der Waals surface area contributed by atoms with Crippen molar-refractivity contribution in [3.8, 4) is 0 Å². The minimum Gasteiger partial charge on any atom is -0.353 e. The molecule has 1 amide bonds. The second-order valence-corrected chi connectivity index (χ2v) is 9.20. The van der Waals surface area contributed by atoms with Crippen LogP contribution in [0, 0.1) is 0 Å². The van der Waals surface area contributed by atoms with Gasteiger partial charge in [-0.25, -0.2) is 4.98 Å². The first-order valence-corrected chi connectivity index (χ1v) is 11.8. The standard InChI is InChI=1S/C28H31N5O/c1-30(2)20-23-12-13-27(29-19-23)31-14-16-32(17-15-31)28(34)26-18-24-10-6-7-11-25(24)33(26)21-22-8-4-3-5-9-22/h3-13,18-19H,14-17,20-21H2,1-2H3. The number of hydrogen-bond acceptors (Lipinski definition) is 4. The van der Waals surface area contributed by atoms with Crippen LogP contribution in [0.4, 0.5) is 5.82 Å². The first kappa shape index (κ1) is 22.2. The number of nitrogens with zero attached hydrogens (tertiary/aromatic N) is 5. The summed E-state index contributed by atoms with van der Waals surface area (Å²) in [4.78, 5) is 24.7. The summed E-state index contributed by atoms with van der Waals surface area (Å²) >= 11 is 0. The normalized spacial score (nSPS) is 14.2. The van der Waals surface area contributed by atoms with Crippen molar-refractivity contribution in [3.63, 3.8) is 0 Å². The van der Waals surface area contributed by atoms with Crippen molar-refractivity contribution < 1.29 is 4.79 Å². The monoisotopic (exact) mass is 453 g/mol. The molecule has 6 heteroatoms. The fraction of sp³-hybridized carbons (Fsp3) is 0.286. The average Bonchev–Trinajstić information content (AvgIpc) is 3.23. The molecule has 0 unspecified atom stereocenters. The molecule has 1 aliphatic heterocycles. The first-order valence-electron chi connectivity index (χ1n) is 11.8. The highest BCUT2D eigenvalue weighted by Gasteiger charge is 2.26. The van der Waals surface area contributed by atoms with Crippen molar-refractivity contribution >= 4 is 22.6 Å². The molecule has 2 aromatic heterocycles. The van der Waals surface area contributed by atoms with E-state index in [9.17, 15) is 4.79 Å². The first-order chi connectivity index (χ1) is 16.6. The highest BCUT2D eigenvalue weighted by molar-refractivity contribution is 5.99. The zero-order valence-electron chi connectivity index (χ0n) is 19.9. The van der Waals surface area contributed by atoms with Gasteiger partial charge in [-0.05, 0) is 43.4 Å². The van der Waals surface area contributed by atoms with E-state index in [1.807, 2.05) is 47.5 Å². The molecule has 0 N–H and O–H groups in total. The Balaban J connectivity index is 1.32. The largest absolute Gasteiger partial charge is 0.353 e. The van der Waals surface area contributed by atoms with Crippen molar-refractivity contribution in [2.24, 2.45) is 0 Å². The number of para-hydroxylation sites is 1. The molecule has 3 heterocycles. The smallest absolute Gasteiger partial charge is 0.270 e. The second-order valence-electron chi connectivity index (χ2n) is 9.20. The number of hydrogen-bond donors (Lipinski definition) is 0. The van der Waals surface area contributed by atoms with Gasteiger partial charge >= 0.3 is 0 Å². The van der Waals surface area contributed by atoms with Crippen LogP contribution in [-0.4, -0.2) is 65.5 Å². The van der Waals surface area contributed by atoms with E-state index in [0.29, 0.717) is 19.6 Å². The van der Waals surface area contributed by atoms with Crippen LogP contribution < -0.4 is 4.90 Å². The molecule has 0 atom stereocenters. The molecular weight excluding hydrogens is 422 g/mol. The summed E-state index contributed by atoms with van der Waals surface area (Å²) in [7, 11) is 4.12. The molecule has 5 rings (SSSR count). The molecule has 0 spiro atoms. The van der Waals surface area contributed by atoms with Gasteiger partial charge in [0.05, 0.1) is 0 Å². The number of pyridine rings is 1. The molecular formula is C28H31N5O. The van der Waals surface area contributed by atoms with Crippen LogP contribution in [0.1, 0.15) is 21.6 Å². The van der Waals surface area contributed by atoms with Crippen molar-refractivity contribution in [2.75, 3.05) is 45.2 Å². The van der Waals surface area contributed by atoms with Gasteiger partial charge in [-0.3, -0.25) is 4.79 Å². The van der Waals surface area contributed by atoms with Gasteiger partial charge in [0, 0.05) is 56.4 Å². The van der Waals surface area contributed by atoms with Crippen LogP contribution in [0.5, 0.6) is 0 Å². The number of carbonyl (C=O) groups is 1. The van der Waals surface area contributed by atoms with E-state index in [0.717, 1.165) is 42.0 Å². The lowest BCUT2D eigenvalue weighted by atomic mass is 10.2. The summed E-state index contributed by atoms with van der Waals surface area (Å²) in [5, 5.41) is 1.10. The van der Waals surface area contributed by atoms with E-state index < -0.39 is 0 Å². The predicted molar refractivity (Wildman–Crippen MR) is 137 cm³/mol. The van der Waals surface area contributed by atoms with E-state index in [-0.39, 0.29) is 5.91 Å². The number of aromatic nitrogens is 2. The summed E-state index contributed by atoms with van der Waals surface area (Å²) in [6.07, 6.45) is 1.95. The molecule has 4 aromatic rings. The van der Waals surface area contributed by atoms with Gasteiger partial charge in [0.2, 0.25) is 0 Å². The predicted octanol–water partition coefficient (Wildman–Crippen LogP) is 4.11. The van der Waals surface area contributed by atoms with Gasteiger partial charge in [-0.15, -0.1) is 0 Å². The lowest BCUT2D eigenvalue weighted by Gasteiger charge is -2.35. The van der Waals surface area contributed by atoms with E-state index in [1.165, 1.54) is 11.1 Å². The summed E-state index contributed by atoms with van der Waals surface area (Å²) in [6, 6.07) is 24.8. The van der Waals surface area contributed by atoms with Crippen LogP contribution in [0.15, 0.2) is 79.0 Å². The molecule has 34 heavy (non-hydrogen) atoms. The van der Waals surface area contributed by atoms with Crippen molar-refractivity contribution in [2.45, 2.75) is 13.1 Å². The van der Waals surface area contributed by atoms with E-state index >= 15 is 0 Å². The number of benzene rings is 2. The van der Waals surface area contributed by atoms with Gasteiger partial charge < -0.3 is 19.3 Å². The molecule has 6 nitrogen and oxygen atoms in total. The van der Waals surface area contributed by atoms with Crippen LogP contribution >= 0.6 is 0 Å². The quantitative estimate of drug-likeness (QED) is 0.441. The Morgan fingerprint density at radius 2 is 1.62 bits per heavy atom. The fourth-order valence-corrected chi connectivity index (χ4v) is 4.69. The van der Waals surface area contributed by atoms with Gasteiger partial charge in [-0.2, -0.15) is 0 Å². The molecule has 1 aliphatic rings. The van der Waals surface area contributed by atoms with Crippen LogP contribution in [0.2, 0.25) is 0 Å². The number of rotatable bonds is 6. The average molecular weight is 454 g/mol. The molecule has 0 saturated carbocycles. The van der Waals surface area contributed by atoms with Gasteiger partial charge in [-0.1, -0.05) is 54.6 Å². The minimum atomic E-state index is 0.0982. The van der Waals surface area contributed by atoms with E-state index in [4.69, 9.17) is 0 Å². The maximum absolute atomic E-state index is 13.6. The molecule has 174 valence electrons. The number of anilines is 1. The lowest BCUT2D eigenvalue weighted by molar-refractivity contribution is 0.0736. The Morgan fingerprint density at radius 1 is 0.882 bits per heavy atom. The molecule has 0 bridgehead atoms. The lowest BCUT2D eigenvalue weighted by Crippen LogP contribution is -2.49. The molecule has 2 aromatic carbocycles. The van der Waals surface area contributed by atoms with Crippen LogP contribution in [0.25, 0.3) is 10.9 Å². The third kappa shape index (κ3) is 4.68. The third-order valence-corrected chi connectivity index (χ3v) is 6.41. The second kappa shape index (κ2) is 9.69. The Bertz CT molecular complexity index is 1260.